The molecule has 0 heterocycles. The molecule has 0 bridgehead atoms. The Kier molecular flexibility index (Phi) is 11.1. The first-order valence-corrected chi connectivity index (χ1v) is 10.6. The highest BCUT2D eigenvalue weighted by molar-refractivity contribution is 6.09. The Morgan fingerprint density at radius 2 is 1.53 bits per heavy atom. The second kappa shape index (κ2) is 14.0. The summed E-state index contributed by atoms with van der Waals surface area (Å²) in [5.41, 5.74) is 2.69. The van der Waals surface area contributed by atoms with Crippen molar-refractivity contribution in [3.8, 4) is 23.0 Å². The Balaban J connectivity index is 2.33. The van der Waals surface area contributed by atoms with Crippen molar-refractivity contribution in [2.24, 2.45) is 0 Å². The molecule has 2 aromatic carbocycles. The van der Waals surface area contributed by atoms with Crippen LogP contribution in [-0.2, 0) is 20.6 Å². The van der Waals surface area contributed by atoms with Crippen LogP contribution in [0.15, 0.2) is 48.1 Å². The maximum atomic E-state index is 13.0. The van der Waals surface area contributed by atoms with E-state index in [1.54, 1.807) is 30.3 Å². The first kappa shape index (κ1) is 26.9. The fourth-order valence-electron chi connectivity index (χ4n) is 2.91. The lowest BCUT2D eigenvalue weighted by molar-refractivity contribution is 0.0459. The van der Waals surface area contributed by atoms with Crippen LogP contribution in [0.4, 0.5) is 0 Å². The van der Waals surface area contributed by atoms with E-state index in [-0.39, 0.29) is 37.5 Å². The average molecular weight is 473 g/mol. The highest BCUT2D eigenvalue weighted by Crippen LogP contribution is 2.31. The molecule has 0 aliphatic rings. The van der Waals surface area contributed by atoms with Gasteiger partial charge in [0.25, 0.3) is 0 Å². The van der Waals surface area contributed by atoms with Crippen LogP contribution < -0.4 is 14.2 Å². The lowest BCUT2D eigenvalue weighted by atomic mass is 10.0. The standard InChI is InChI=1S/C26H32O8/c1-18(2)6-7-20-12-22(24(28)14-26(20)34-17-31-5)23(27)11-9-19-8-10-21(32-15-29-3)13-25(19)33-16-30-4/h6,8-14,28H,7,15-17H2,1-5H3/b11-9+. The van der Waals surface area contributed by atoms with Crippen LogP contribution in [0.3, 0.4) is 0 Å². The normalized spacial score (nSPS) is 10.9. The highest BCUT2D eigenvalue weighted by atomic mass is 16.7. The molecule has 0 amide bonds. The zero-order valence-corrected chi connectivity index (χ0v) is 20.3. The molecule has 184 valence electrons. The van der Waals surface area contributed by atoms with E-state index < -0.39 is 0 Å². The van der Waals surface area contributed by atoms with E-state index >= 15 is 0 Å². The summed E-state index contributed by atoms with van der Waals surface area (Å²) in [4.78, 5) is 13.0. The van der Waals surface area contributed by atoms with Crippen molar-refractivity contribution in [2.45, 2.75) is 20.3 Å². The molecule has 0 aliphatic heterocycles. The molecule has 1 N–H and O–H groups in total. The van der Waals surface area contributed by atoms with Gasteiger partial charge < -0.3 is 33.5 Å². The number of hydrogen-bond acceptors (Lipinski definition) is 8. The highest BCUT2D eigenvalue weighted by Gasteiger charge is 2.15. The van der Waals surface area contributed by atoms with E-state index in [0.717, 1.165) is 11.1 Å². The van der Waals surface area contributed by atoms with Gasteiger partial charge in [0.15, 0.2) is 26.2 Å². The summed E-state index contributed by atoms with van der Waals surface area (Å²) in [5, 5.41) is 10.5. The van der Waals surface area contributed by atoms with Crippen molar-refractivity contribution in [1.29, 1.82) is 0 Å². The van der Waals surface area contributed by atoms with Crippen LogP contribution in [0.1, 0.15) is 35.3 Å². The summed E-state index contributed by atoms with van der Waals surface area (Å²) in [6.45, 7) is 4.12. The molecule has 0 radical (unpaired) electrons. The molecule has 8 nitrogen and oxygen atoms in total. The second-order valence-corrected chi connectivity index (χ2v) is 7.51. The van der Waals surface area contributed by atoms with E-state index in [1.165, 1.54) is 33.5 Å². The molecule has 0 atom stereocenters. The molecule has 2 aromatic rings. The monoisotopic (exact) mass is 472 g/mol. The van der Waals surface area contributed by atoms with Gasteiger partial charge in [-0.05, 0) is 56.2 Å². The molecule has 0 spiro atoms. The van der Waals surface area contributed by atoms with Crippen LogP contribution in [0, 0.1) is 0 Å². The zero-order chi connectivity index (χ0) is 24.9. The number of benzene rings is 2. The van der Waals surface area contributed by atoms with Crippen molar-refractivity contribution in [1.82, 2.24) is 0 Å². The number of hydrogen-bond donors (Lipinski definition) is 1. The van der Waals surface area contributed by atoms with E-state index in [0.29, 0.717) is 29.2 Å². The fraction of sp³-hybridized carbons (Fsp3) is 0.346. The summed E-state index contributed by atoms with van der Waals surface area (Å²) in [5.74, 6) is 0.924. The minimum absolute atomic E-state index is 0.0277. The summed E-state index contributed by atoms with van der Waals surface area (Å²) in [7, 11) is 4.56. The van der Waals surface area contributed by atoms with Gasteiger partial charge in [0, 0.05) is 39.0 Å². The molecule has 0 saturated carbocycles. The van der Waals surface area contributed by atoms with Crippen molar-refractivity contribution in [3.63, 3.8) is 0 Å². The van der Waals surface area contributed by atoms with Gasteiger partial charge in [-0.2, -0.15) is 0 Å². The number of methoxy groups -OCH3 is 3. The molecular formula is C26H32O8. The van der Waals surface area contributed by atoms with Crippen molar-refractivity contribution >= 4 is 11.9 Å². The van der Waals surface area contributed by atoms with Crippen molar-refractivity contribution in [2.75, 3.05) is 41.7 Å². The topological polar surface area (TPSA) is 92.7 Å². The van der Waals surface area contributed by atoms with Crippen LogP contribution in [0.25, 0.3) is 6.08 Å². The summed E-state index contributed by atoms with van der Waals surface area (Å²) in [6, 6.07) is 8.24. The molecule has 0 unspecified atom stereocenters. The number of carbonyl (C=O) groups is 1. The third-order valence-corrected chi connectivity index (χ3v) is 4.58. The number of carbonyl (C=O) groups excluding carboxylic acids is 1. The second-order valence-electron chi connectivity index (χ2n) is 7.51. The number of phenols is 1. The number of allylic oxidation sites excluding steroid dienone is 3. The smallest absolute Gasteiger partial charge is 0.189 e. The molecule has 0 fully saturated rings. The molecular weight excluding hydrogens is 440 g/mol. The minimum Gasteiger partial charge on any atom is -0.507 e. The SMILES string of the molecule is COCOc1ccc(/C=C/C(=O)c2cc(CC=C(C)C)c(OCOC)cc2O)c(OCOC)c1. The van der Waals surface area contributed by atoms with Gasteiger partial charge >= 0.3 is 0 Å². The molecule has 2 rings (SSSR count). The molecule has 0 aliphatic carbocycles. The summed E-state index contributed by atoms with van der Waals surface area (Å²) in [6.07, 6.45) is 5.55. The minimum atomic E-state index is -0.369. The van der Waals surface area contributed by atoms with Gasteiger partial charge in [0.1, 0.15) is 23.0 Å². The van der Waals surface area contributed by atoms with Gasteiger partial charge in [0.05, 0.1) is 5.56 Å². The average Bonchev–Trinajstić information content (AvgIpc) is 2.83. The fourth-order valence-corrected chi connectivity index (χ4v) is 2.91. The lowest BCUT2D eigenvalue weighted by Gasteiger charge is -2.13. The maximum absolute atomic E-state index is 13.0. The number of phenolic OH excluding ortho intramolecular Hbond substituents is 1. The van der Waals surface area contributed by atoms with Gasteiger partial charge in [-0.1, -0.05) is 11.6 Å². The van der Waals surface area contributed by atoms with E-state index in [2.05, 4.69) is 0 Å². The van der Waals surface area contributed by atoms with E-state index in [1.807, 2.05) is 19.9 Å². The first-order valence-electron chi connectivity index (χ1n) is 10.6. The Labute approximate surface area is 200 Å². The largest absolute Gasteiger partial charge is 0.507 e. The van der Waals surface area contributed by atoms with Gasteiger partial charge in [-0.25, -0.2) is 0 Å². The van der Waals surface area contributed by atoms with Gasteiger partial charge in [-0.3, -0.25) is 4.79 Å². The summed E-state index contributed by atoms with van der Waals surface area (Å²) >= 11 is 0. The Bertz CT molecular complexity index is 1010. The number of rotatable bonds is 14. The quantitative estimate of drug-likeness (QED) is 0.182. The Morgan fingerprint density at radius 1 is 0.882 bits per heavy atom. The maximum Gasteiger partial charge on any atom is 0.189 e. The zero-order valence-electron chi connectivity index (χ0n) is 20.3. The molecule has 0 aromatic heterocycles. The first-order chi connectivity index (χ1) is 16.4. The molecule has 0 saturated heterocycles. The Hall–Kier alpha value is -3.33. The third kappa shape index (κ3) is 8.22. The predicted molar refractivity (Wildman–Crippen MR) is 129 cm³/mol. The van der Waals surface area contributed by atoms with Crippen LogP contribution >= 0.6 is 0 Å². The van der Waals surface area contributed by atoms with Crippen molar-refractivity contribution < 1.29 is 38.3 Å². The van der Waals surface area contributed by atoms with E-state index in [9.17, 15) is 9.90 Å². The van der Waals surface area contributed by atoms with Crippen LogP contribution in [0.5, 0.6) is 23.0 Å². The van der Waals surface area contributed by atoms with Crippen LogP contribution in [-0.4, -0.2) is 52.6 Å². The van der Waals surface area contributed by atoms with Gasteiger partial charge in [0.2, 0.25) is 0 Å². The van der Waals surface area contributed by atoms with E-state index in [4.69, 9.17) is 28.4 Å². The lowest BCUT2D eigenvalue weighted by Crippen LogP contribution is -2.04. The predicted octanol–water partition coefficient (Wildman–Crippen LogP) is 4.75. The third-order valence-electron chi connectivity index (χ3n) is 4.58. The number of aromatic hydroxyl groups is 1. The van der Waals surface area contributed by atoms with Crippen LogP contribution in [0.2, 0.25) is 0 Å². The van der Waals surface area contributed by atoms with Crippen molar-refractivity contribution in [3.05, 3.63) is 64.7 Å². The molecule has 34 heavy (non-hydrogen) atoms. The Morgan fingerprint density at radius 3 is 2.18 bits per heavy atom. The van der Waals surface area contributed by atoms with Gasteiger partial charge in [-0.15, -0.1) is 0 Å². The molecule has 8 heteroatoms. The number of ether oxygens (including phenoxy) is 6. The summed E-state index contributed by atoms with van der Waals surface area (Å²) < 4.78 is 31.5. The number of ketones is 1.